The number of carbonyl (C=O) groups is 4. The molecule has 23 heteroatoms. The van der Waals surface area contributed by atoms with Gasteiger partial charge in [0.15, 0.2) is 11.4 Å². The molecule has 6 heterocycles. The molecular formula is C59H77F3N8O12. The third-order valence-electron chi connectivity index (χ3n) is 17.0. The van der Waals surface area contributed by atoms with E-state index in [1.165, 1.54) is 55.3 Å². The molecule has 2 amide bonds. The normalized spacial score (nSPS) is 28.8. The Balaban J connectivity index is 1.10. The molecule has 446 valence electrons. The van der Waals surface area contributed by atoms with Crippen molar-refractivity contribution in [1.29, 1.82) is 0 Å². The van der Waals surface area contributed by atoms with E-state index in [2.05, 4.69) is 24.1 Å². The highest BCUT2D eigenvalue weighted by molar-refractivity contribution is 6.19. The van der Waals surface area contributed by atoms with Crippen molar-refractivity contribution < 1.29 is 71.7 Å². The molecule has 2 saturated heterocycles. The fourth-order valence-electron chi connectivity index (χ4n) is 12.0. The number of likely N-dealkylation sites (tertiary alicyclic amines) is 2. The van der Waals surface area contributed by atoms with Gasteiger partial charge in [-0.05, 0) is 56.9 Å². The van der Waals surface area contributed by atoms with Crippen LogP contribution in [0.5, 0.6) is 17.2 Å². The lowest BCUT2D eigenvalue weighted by atomic mass is 9.78. The summed E-state index contributed by atoms with van der Waals surface area (Å²) in [6, 6.07) is 2.51. The molecule has 5 bridgehead atoms. The van der Waals surface area contributed by atoms with Gasteiger partial charge in [0.2, 0.25) is 5.91 Å². The number of hydrazine groups is 1. The largest absolute Gasteiger partial charge is 0.507 e. The van der Waals surface area contributed by atoms with Gasteiger partial charge in [-0.25, -0.2) is 5.84 Å². The van der Waals surface area contributed by atoms with Crippen LogP contribution in [0.25, 0.3) is 10.8 Å². The molecule has 20 nitrogen and oxygen atoms in total. The summed E-state index contributed by atoms with van der Waals surface area (Å²) >= 11 is 0. The van der Waals surface area contributed by atoms with E-state index >= 15 is 4.79 Å². The lowest BCUT2D eigenvalue weighted by Gasteiger charge is -2.39. The van der Waals surface area contributed by atoms with Crippen molar-refractivity contribution in [3.63, 3.8) is 0 Å². The Hall–Kier alpha value is -6.79. The average Bonchev–Trinajstić information content (AvgIpc) is 3.15. The van der Waals surface area contributed by atoms with E-state index in [9.17, 15) is 48.0 Å². The minimum absolute atomic E-state index is 0.0242. The van der Waals surface area contributed by atoms with E-state index in [1.807, 2.05) is 0 Å². The number of esters is 1. The van der Waals surface area contributed by atoms with Crippen molar-refractivity contribution in [3.8, 4) is 17.2 Å². The molecule has 6 aliphatic heterocycles. The SMILES string of the molecule is CO[C@H]1/C=C/OC2(C)Oc3c(C)c(O)c4c(O)c(c5c(c4c3C2=O)=NC2(CCN(CC(C)C)CC2)N=5)NC(=O)/C(C)=C\C=C\C(C)[C@H](O)[C@@H](C)[C@@H](O)[C@@H](C)C(OC(=O)CC(=O)N2CCC(N(N)c3ccc(C(F)(F)F)cc3N)CC2)[C@@H]1C. The van der Waals surface area contributed by atoms with E-state index < -0.39 is 119 Å². The average molecular weight is 1150 g/mol. The minimum Gasteiger partial charge on any atom is -0.507 e. The smallest absolute Gasteiger partial charge is 0.416 e. The van der Waals surface area contributed by atoms with E-state index in [0.717, 1.165) is 18.7 Å². The summed E-state index contributed by atoms with van der Waals surface area (Å²) in [5.74, 6) is -2.29. The number of carbonyl (C=O) groups excluding carboxylic acids is 4. The van der Waals surface area contributed by atoms with E-state index in [4.69, 9.17) is 40.5 Å². The number of hydrogen-bond acceptors (Lipinski definition) is 18. The maximum atomic E-state index is 15.0. The van der Waals surface area contributed by atoms with Gasteiger partial charge in [-0.2, -0.15) is 13.2 Å². The summed E-state index contributed by atoms with van der Waals surface area (Å²) in [5.41, 5.74) is 4.22. The van der Waals surface area contributed by atoms with Crippen molar-refractivity contribution in [1.82, 2.24) is 9.80 Å². The molecule has 0 aliphatic carbocycles. The highest BCUT2D eigenvalue weighted by Crippen LogP contribution is 2.50. The number of fused-ring (bicyclic) bond motifs is 13. The van der Waals surface area contributed by atoms with Gasteiger partial charge in [-0.15, -0.1) is 0 Å². The first-order chi connectivity index (χ1) is 38.5. The summed E-state index contributed by atoms with van der Waals surface area (Å²) < 4.78 is 64.5. The molecule has 6 aliphatic rings. The molecule has 0 aromatic heterocycles. The Morgan fingerprint density at radius 3 is 2.22 bits per heavy atom. The first kappa shape index (κ1) is 61.3. The fourth-order valence-corrected chi connectivity index (χ4v) is 12.0. The number of aromatic hydroxyl groups is 2. The van der Waals surface area contributed by atoms with Crippen molar-refractivity contribution in [3.05, 3.63) is 81.7 Å². The van der Waals surface area contributed by atoms with Gasteiger partial charge in [0.25, 0.3) is 11.7 Å². The Morgan fingerprint density at radius 1 is 0.939 bits per heavy atom. The number of anilines is 3. The van der Waals surface area contributed by atoms with Crippen molar-refractivity contribution in [2.75, 3.05) is 55.9 Å². The second kappa shape index (κ2) is 23.8. The molecule has 9 atom stereocenters. The molecule has 9 N–H and O–H groups in total. The summed E-state index contributed by atoms with van der Waals surface area (Å²) in [6.07, 6.45) is -0.932. The quantitative estimate of drug-likeness (QED) is 0.0335. The number of Topliss-reactive ketones (excluding diaryl/α,β-unsaturated/α-hetero) is 1. The van der Waals surface area contributed by atoms with Gasteiger partial charge < -0.3 is 65.2 Å². The number of nitrogen functional groups attached to an aromatic ring is 1. The second-order valence-electron chi connectivity index (χ2n) is 23.3. The van der Waals surface area contributed by atoms with Gasteiger partial charge in [0, 0.05) is 106 Å². The maximum Gasteiger partial charge on any atom is 0.416 e. The number of phenolic OH excluding ortho intramolecular Hbond substituents is 2. The van der Waals surface area contributed by atoms with Crippen LogP contribution in [-0.2, 0) is 34.8 Å². The predicted octanol–water partition coefficient (Wildman–Crippen LogP) is 6.09. The van der Waals surface area contributed by atoms with Gasteiger partial charge in [-0.3, -0.25) is 29.2 Å². The van der Waals surface area contributed by atoms with E-state index in [-0.39, 0.29) is 74.1 Å². The number of ketones is 1. The van der Waals surface area contributed by atoms with Crippen LogP contribution < -0.4 is 37.4 Å². The number of phenols is 2. The Bertz CT molecular complexity index is 3210. The molecular weight excluding hydrogens is 1070 g/mol. The molecule has 3 unspecified atom stereocenters. The number of aliphatic hydroxyl groups excluding tert-OH is 2. The third-order valence-corrected chi connectivity index (χ3v) is 17.0. The number of aliphatic hydroxyl groups is 2. The van der Waals surface area contributed by atoms with E-state index in [0.29, 0.717) is 44.7 Å². The number of amides is 2. The topological polar surface area (TPSA) is 285 Å². The molecule has 3 aromatic rings. The molecule has 0 radical (unpaired) electrons. The maximum absolute atomic E-state index is 15.0. The van der Waals surface area contributed by atoms with Gasteiger partial charge in [0.1, 0.15) is 35.1 Å². The molecule has 82 heavy (non-hydrogen) atoms. The summed E-state index contributed by atoms with van der Waals surface area (Å²) in [7, 11) is 1.39. The highest BCUT2D eigenvalue weighted by Gasteiger charge is 2.50. The fraction of sp³-hybridized carbons (Fsp3) is 0.559. The summed E-state index contributed by atoms with van der Waals surface area (Å²) in [6.45, 7) is 17.9. The van der Waals surface area contributed by atoms with Crippen LogP contribution in [0.1, 0.15) is 109 Å². The number of hydrogen-bond donors (Lipinski definition) is 7. The number of nitrogens with zero attached hydrogens (tertiary/aromatic N) is 5. The van der Waals surface area contributed by atoms with Gasteiger partial charge >= 0.3 is 17.9 Å². The third kappa shape index (κ3) is 12.0. The second-order valence-corrected chi connectivity index (χ2v) is 23.3. The number of methoxy groups -OCH3 is 1. The number of rotatable bonds is 8. The van der Waals surface area contributed by atoms with Crippen LogP contribution in [-0.4, -0.2) is 136 Å². The number of piperidine rings is 2. The monoisotopic (exact) mass is 1150 g/mol. The number of nitrogens with one attached hydrogen (secondary N) is 1. The standard InChI is InChI=1S/C59H77F3N8O12/c1-29(2)28-68-23-19-58(20-24-68)66-46-43-44-51(75)35(8)54-45(43)55(77)57(9,82-54)80-25-18-40(79-10)32(5)53(34(7)50(74)33(6)49(73)30(3)12-11-13-31(4)56(78)65-48(52(44)76)47(46)67-58)81-42(72)27-41(71)69-21-16-37(17-22-69)70(64)39-15-14-36(26-38(39)63)59(60,61)62/h11-15,18,25-26,29-30,32-34,37,40,49-50,53,73-76H,16-17,19-24,27-28,63-64H2,1-10H3,(H,65,78)/b12-11+,25-18+,31-13-/t30?,32-,33-,34-,40+,49+,50-,53?,57?/m1/s1. The number of ether oxygens (including phenoxy) is 4. The van der Waals surface area contributed by atoms with Crippen LogP contribution >= 0.6 is 0 Å². The molecule has 3 aromatic carbocycles. The molecule has 0 saturated carbocycles. The van der Waals surface area contributed by atoms with Gasteiger partial charge in [0.05, 0.1) is 57.8 Å². The van der Waals surface area contributed by atoms with Crippen LogP contribution in [0.2, 0.25) is 0 Å². The zero-order valence-corrected chi connectivity index (χ0v) is 48.0. The zero-order valence-electron chi connectivity index (χ0n) is 48.0. The molecule has 9 rings (SSSR count). The Morgan fingerprint density at radius 2 is 1.60 bits per heavy atom. The van der Waals surface area contributed by atoms with Crippen LogP contribution in [0.15, 0.2) is 64.3 Å². The number of benzene rings is 3. The Kier molecular flexibility index (Phi) is 17.8. The molecule has 2 fully saturated rings. The predicted molar refractivity (Wildman–Crippen MR) is 299 cm³/mol. The lowest BCUT2D eigenvalue weighted by molar-refractivity contribution is -0.165. The minimum atomic E-state index is -4.59. The van der Waals surface area contributed by atoms with Crippen LogP contribution in [0.3, 0.4) is 0 Å². The Labute approximate surface area is 474 Å². The number of allylic oxidation sites excluding steroid dienone is 2. The molecule has 1 spiro atoms. The number of nitrogens with two attached hydrogens (primary N) is 2. The van der Waals surface area contributed by atoms with Crippen molar-refractivity contribution in [2.24, 2.45) is 45.4 Å². The van der Waals surface area contributed by atoms with E-state index in [1.54, 1.807) is 46.8 Å². The van der Waals surface area contributed by atoms with Crippen LogP contribution in [0, 0.1) is 36.5 Å². The lowest BCUT2D eigenvalue weighted by Crippen LogP contribution is -2.50. The zero-order chi connectivity index (χ0) is 60.1. The first-order valence-corrected chi connectivity index (χ1v) is 27.9. The summed E-state index contributed by atoms with van der Waals surface area (Å²) in [4.78, 5) is 70.9. The number of halogens is 3. The van der Waals surface area contributed by atoms with Crippen molar-refractivity contribution >= 4 is 51.4 Å². The highest BCUT2D eigenvalue weighted by atomic mass is 19.4. The summed E-state index contributed by atoms with van der Waals surface area (Å²) in [5, 5.41) is 52.3. The van der Waals surface area contributed by atoms with Crippen LogP contribution in [0.4, 0.5) is 30.2 Å². The van der Waals surface area contributed by atoms with Gasteiger partial charge in [-0.1, -0.05) is 59.8 Å². The number of alkyl halides is 3. The first-order valence-electron chi connectivity index (χ1n) is 27.9. The van der Waals surface area contributed by atoms with Crippen molar-refractivity contribution in [2.45, 2.75) is 143 Å².